The van der Waals surface area contributed by atoms with Crippen LogP contribution >= 0.6 is 0 Å². The fraction of sp³-hybridized carbons (Fsp3) is 0. The molecule has 0 aliphatic heterocycles. The summed E-state index contributed by atoms with van der Waals surface area (Å²) >= 11 is 0. The molecule has 5 heteroatoms. The van der Waals surface area contributed by atoms with Crippen molar-refractivity contribution in [2.75, 3.05) is 0 Å². The molecular formula is C46H28N4O. The molecular weight excluding hydrogens is 625 g/mol. The Morgan fingerprint density at radius 3 is 1.86 bits per heavy atom. The Hall–Kier alpha value is -6.98. The maximum Gasteiger partial charge on any atom is 0.180 e. The van der Waals surface area contributed by atoms with E-state index in [-0.39, 0.29) is 0 Å². The van der Waals surface area contributed by atoms with Crippen molar-refractivity contribution in [2.45, 2.75) is 0 Å². The zero-order valence-corrected chi connectivity index (χ0v) is 27.4. The molecule has 0 aliphatic carbocycles. The van der Waals surface area contributed by atoms with Gasteiger partial charge in [0, 0.05) is 43.9 Å². The van der Waals surface area contributed by atoms with Crippen LogP contribution in [0.15, 0.2) is 175 Å². The lowest BCUT2D eigenvalue weighted by molar-refractivity contribution is 0.667. The molecule has 238 valence electrons. The summed E-state index contributed by atoms with van der Waals surface area (Å²) in [5.74, 6) is 0. The van der Waals surface area contributed by atoms with Crippen LogP contribution in [0.1, 0.15) is 0 Å². The van der Waals surface area contributed by atoms with Crippen molar-refractivity contribution in [3.8, 4) is 33.8 Å². The summed E-state index contributed by atoms with van der Waals surface area (Å²) in [6.45, 7) is 0. The van der Waals surface area contributed by atoms with Crippen molar-refractivity contribution in [1.82, 2.24) is 19.1 Å². The summed E-state index contributed by atoms with van der Waals surface area (Å²) in [5.41, 5.74) is 13.3. The highest BCUT2D eigenvalue weighted by atomic mass is 16.3. The highest BCUT2D eigenvalue weighted by Crippen LogP contribution is 2.39. The fourth-order valence-electron chi connectivity index (χ4n) is 7.96. The van der Waals surface area contributed by atoms with Gasteiger partial charge in [-0.25, -0.2) is 9.97 Å². The van der Waals surface area contributed by atoms with Gasteiger partial charge in [0.25, 0.3) is 0 Å². The standard InChI is InChI=1S/C46H28N4O/c1-2-12-32(13-3-1)49-40-19-8-5-16-35(40)38-26-29(22-24-41(38)49)30-21-23-36-34-15-4-7-18-39(34)50(42(36)27-30)33-14-10-11-31(25-33)44-46-45(48-28-47-44)37-17-6-9-20-43(37)51-46/h1-28H. The zero-order valence-electron chi connectivity index (χ0n) is 27.4. The molecule has 0 spiro atoms. The molecule has 0 saturated heterocycles. The highest BCUT2D eigenvalue weighted by molar-refractivity contribution is 6.13. The molecule has 4 aromatic heterocycles. The monoisotopic (exact) mass is 652 g/mol. The molecule has 0 atom stereocenters. The van der Waals surface area contributed by atoms with Crippen LogP contribution in [-0.4, -0.2) is 19.1 Å². The van der Waals surface area contributed by atoms with E-state index in [9.17, 15) is 0 Å². The highest BCUT2D eigenvalue weighted by Gasteiger charge is 2.18. The number of nitrogens with zero attached hydrogens (tertiary/aromatic N) is 4. The van der Waals surface area contributed by atoms with Gasteiger partial charge in [0.15, 0.2) is 5.58 Å². The van der Waals surface area contributed by atoms with E-state index in [2.05, 4.69) is 154 Å². The normalized spacial score (nSPS) is 11.9. The Labute approximate surface area is 292 Å². The number of hydrogen-bond donors (Lipinski definition) is 0. The average molecular weight is 653 g/mol. The smallest absolute Gasteiger partial charge is 0.180 e. The minimum Gasteiger partial charge on any atom is -0.452 e. The number of para-hydroxylation sites is 4. The van der Waals surface area contributed by atoms with Gasteiger partial charge in [-0.15, -0.1) is 0 Å². The number of benzene rings is 7. The minimum absolute atomic E-state index is 0.698. The maximum atomic E-state index is 6.32. The molecule has 5 nitrogen and oxygen atoms in total. The van der Waals surface area contributed by atoms with E-state index in [0.29, 0.717) is 5.58 Å². The van der Waals surface area contributed by atoms with Crippen molar-refractivity contribution in [2.24, 2.45) is 0 Å². The molecule has 11 rings (SSSR count). The SMILES string of the molecule is c1ccc(-n2c3ccccc3c3cc(-c4ccc5c6ccccc6n(-c6cccc(-c7ncnc8c7oc7ccccc78)c6)c5c4)ccc32)cc1. The van der Waals surface area contributed by atoms with Crippen molar-refractivity contribution >= 4 is 65.7 Å². The van der Waals surface area contributed by atoms with Crippen LogP contribution in [0.3, 0.4) is 0 Å². The Morgan fingerprint density at radius 2 is 1.02 bits per heavy atom. The number of aromatic nitrogens is 4. The summed E-state index contributed by atoms with van der Waals surface area (Å²) in [4.78, 5) is 9.31. The summed E-state index contributed by atoms with van der Waals surface area (Å²) in [7, 11) is 0. The molecule has 0 bridgehead atoms. The topological polar surface area (TPSA) is 48.8 Å². The number of furan rings is 1. The van der Waals surface area contributed by atoms with Crippen LogP contribution in [0.2, 0.25) is 0 Å². The molecule has 51 heavy (non-hydrogen) atoms. The lowest BCUT2D eigenvalue weighted by Gasteiger charge is -2.11. The van der Waals surface area contributed by atoms with Crippen LogP contribution in [0.4, 0.5) is 0 Å². The number of hydrogen-bond acceptors (Lipinski definition) is 3. The first kappa shape index (κ1) is 27.9. The summed E-state index contributed by atoms with van der Waals surface area (Å²) < 4.78 is 11.1. The molecule has 0 N–H and O–H groups in total. The van der Waals surface area contributed by atoms with Gasteiger partial charge in [0.1, 0.15) is 23.1 Å². The van der Waals surface area contributed by atoms with Gasteiger partial charge < -0.3 is 13.6 Å². The zero-order chi connectivity index (χ0) is 33.5. The molecule has 11 aromatic rings. The molecule has 0 unspecified atom stereocenters. The van der Waals surface area contributed by atoms with Crippen LogP contribution < -0.4 is 0 Å². The van der Waals surface area contributed by atoms with E-state index < -0.39 is 0 Å². The molecule has 0 fully saturated rings. The average Bonchev–Trinajstić information content (AvgIpc) is 3.85. The fourth-order valence-corrected chi connectivity index (χ4v) is 7.96. The first-order valence-corrected chi connectivity index (χ1v) is 17.2. The first-order chi connectivity index (χ1) is 25.3. The molecule has 0 amide bonds. The van der Waals surface area contributed by atoms with E-state index in [4.69, 9.17) is 9.40 Å². The Balaban J connectivity index is 1.10. The summed E-state index contributed by atoms with van der Waals surface area (Å²) in [5, 5.41) is 5.90. The van der Waals surface area contributed by atoms with Gasteiger partial charge in [-0.05, 0) is 77.9 Å². The number of rotatable bonds is 4. The number of fused-ring (bicyclic) bond motifs is 9. The van der Waals surface area contributed by atoms with Crippen molar-refractivity contribution in [3.63, 3.8) is 0 Å². The van der Waals surface area contributed by atoms with Gasteiger partial charge >= 0.3 is 0 Å². The van der Waals surface area contributed by atoms with E-state index in [1.807, 2.05) is 24.3 Å². The lowest BCUT2D eigenvalue weighted by Crippen LogP contribution is -1.95. The first-order valence-electron chi connectivity index (χ1n) is 17.2. The molecule has 0 saturated carbocycles. The second-order valence-electron chi connectivity index (χ2n) is 13.1. The van der Waals surface area contributed by atoms with Crippen LogP contribution in [0, 0.1) is 0 Å². The molecule has 0 radical (unpaired) electrons. The third-order valence-electron chi connectivity index (χ3n) is 10.2. The van der Waals surface area contributed by atoms with E-state index in [1.165, 1.54) is 43.7 Å². The van der Waals surface area contributed by atoms with Crippen LogP contribution in [0.25, 0.3) is 99.4 Å². The molecule has 0 aliphatic rings. The van der Waals surface area contributed by atoms with Gasteiger partial charge in [0.05, 0.1) is 22.1 Å². The molecule has 4 heterocycles. The Bertz CT molecular complexity index is 3150. The second-order valence-corrected chi connectivity index (χ2v) is 13.1. The van der Waals surface area contributed by atoms with Gasteiger partial charge in [-0.3, -0.25) is 0 Å². The van der Waals surface area contributed by atoms with E-state index in [1.54, 1.807) is 6.33 Å². The second kappa shape index (κ2) is 10.8. The summed E-state index contributed by atoms with van der Waals surface area (Å²) in [6.07, 6.45) is 1.63. The Kier molecular flexibility index (Phi) is 5.89. The van der Waals surface area contributed by atoms with Crippen LogP contribution in [-0.2, 0) is 0 Å². The van der Waals surface area contributed by atoms with Crippen molar-refractivity contribution < 1.29 is 4.42 Å². The quantitative estimate of drug-likeness (QED) is 0.190. The van der Waals surface area contributed by atoms with Crippen molar-refractivity contribution in [3.05, 3.63) is 170 Å². The predicted molar refractivity (Wildman–Crippen MR) is 209 cm³/mol. The largest absolute Gasteiger partial charge is 0.452 e. The van der Waals surface area contributed by atoms with Gasteiger partial charge in [-0.1, -0.05) is 97.1 Å². The van der Waals surface area contributed by atoms with Gasteiger partial charge in [-0.2, -0.15) is 0 Å². The van der Waals surface area contributed by atoms with E-state index >= 15 is 0 Å². The lowest BCUT2D eigenvalue weighted by atomic mass is 10.0. The predicted octanol–water partition coefficient (Wildman–Crippen LogP) is 11.9. The van der Waals surface area contributed by atoms with Crippen molar-refractivity contribution in [1.29, 1.82) is 0 Å². The Morgan fingerprint density at radius 1 is 0.392 bits per heavy atom. The third-order valence-corrected chi connectivity index (χ3v) is 10.2. The summed E-state index contributed by atoms with van der Waals surface area (Å²) in [6, 6.07) is 58.3. The third kappa shape index (κ3) is 4.15. The maximum absolute atomic E-state index is 6.32. The molecule has 7 aromatic carbocycles. The van der Waals surface area contributed by atoms with E-state index in [0.717, 1.165) is 50.2 Å². The van der Waals surface area contributed by atoms with Gasteiger partial charge in [0.2, 0.25) is 0 Å². The minimum atomic E-state index is 0.698. The van der Waals surface area contributed by atoms with Crippen LogP contribution in [0.5, 0.6) is 0 Å².